The Morgan fingerprint density at radius 3 is 2.55 bits per heavy atom. The summed E-state index contributed by atoms with van der Waals surface area (Å²) in [6.07, 6.45) is 3.31. The molecule has 1 aromatic carbocycles. The summed E-state index contributed by atoms with van der Waals surface area (Å²) >= 11 is 0. The van der Waals surface area contributed by atoms with Crippen LogP contribution in [0.15, 0.2) is 18.2 Å². The molecule has 0 aliphatic heterocycles. The number of amides is 2. The van der Waals surface area contributed by atoms with Crippen LogP contribution < -0.4 is 5.32 Å². The number of anilines is 1. The van der Waals surface area contributed by atoms with Crippen LogP contribution in [0.1, 0.15) is 43.7 Å². The standard InChI is InChI=1S/C18H26N2O2/c1-5-6-11-20(4)17(22)18(9-10-18)16(21)19-15-12-13(2)7-8-14(15)3/h7-8,12H,5-6,9-11H2,1-4H3,(H,19,21). The molecule has 0 spiro atoms. The number of benzene rings is 1. The second-order valence-corrected chi connectivity index (χ2v) is 6.43. The van der Waals surface area contributed by atoms with E-state index in [-0.39, 0.29) is 11.8 Å². The summed E-state index contributed by atoms with van der Waals surface area (Å²) < 4.78 is 0. The summed E-state index contributed by atoms with van der Waals surface area (Å²) in [5.74, 6) is -0.196. The van der Waals surface area contributed by atoms with E-state index in [9.17, 15) is 9.59 Å². The number of hydrogen-bond acceptors (Lipinski definition) is 2. The monoisotopic (exact) mass is 302 g/mol. The molecule has 1 N–H and O–H groups in total. The van der Waals surface area contributed by atoms with Crippen LogP contribution >= 0.6 is 0 Å². The molecular formula is C18H26N2O2. The van der Waals surface area contributed by atoms with Crippen LogP contribution in [0.2, 0.25) is 0 Å². The van der Waals surface area contributed by atoms with Crippen LogP contribution in [-0.2, 0) is 9.59 Å². The van der Waals surface area contributed by atoms with Crippen LogP contribution in [0.25, 0.3) is 0 Å². The molecule has 0 aromatic heterocycles. The predicted molar refractivity (Wildman–Crippen MR) is 88.8 cm³/mol. The number of unbranched alkanes of at least 4 members (excludes halogenated alkanes) is 1. The first-order valence-corrected chi connectivity index (χ1v) is 8.05. The molecule has 0 saturated heterocycles. The Morgan fingerprint density at radius 1 is 1.27 bits per heavy atom. The van der Waals surface area contributed by atoms with Gasteiger partial charge < -0.3 is 10.2 Å². The third-order valence-corrected chi connectivity index (χ3v) is 4.43. The molecule has 0 bridgehead atoms. The van der Waals surface area contributed by atoms with Crippen LogP contribution in [0, 0.1) is 19.3 Å². The maximum absolute atomic E-state index is 12.6. The van der Waals surface area contributed by atoms with Gasteiger partial charge in [-0.2, -0.15) is 0 Å². The summed E-state index contributed by atoms with van der Waals surface area (Å²) in [6, 6.07) is 5.95. The van der Waals surface area contributed by atoms with Gasteiger partial charge in [0.1, 0.15) is 5.41 Å². The maximum atomic E-state index is 12.6. The normalized spacial score (nSPS) is 15.3. The summed E-state index contributed by atoms with van der Waals surface area (Å²) in [5.41, 5.74) is 2.08. The van der Waals surface area contributed by atoms with E-state index in [2.05, 4.69) is 12.2 Å². The van der Waals surface area contributed by atoms with Crippen molar-refractivity contribution in [3.05, 3.63) is 29.3 Å². The second-order valence-electron chi connectivity index (χ2n) is 6.43. The highest BCUT2D eigenvalue weighted by molar-refractivity contribution is 6.13. The average Bonchev–Trinajstić information content (AvgIpc) is 3.29. The number of rotatable bonds is 6. The molecule has 120 valence electrons. The van der Waals surface area contributed by atoms with Gasteiger partial charge in [0.2, 0.25) is 11.8 Å². The number of carbonyl (C=O) groups is 2. The van der Waals surface area contributed by atoms with Crippen molar-refractivity contribution in [3.8, 4) is 0 Å². The first-order chi connectivity index (χ1) is 10.4. The largest absolute Gasteiger partial charge is 0.345 e. The third kappa shape index (κ3) is 3.32. The number of nitrogens with one attached hydrogen (secondary N) is 1. The van der Waals surface area contributed by atoms with Gasteiger partial charge in [0.15, 0.2) is 0 Å². The fourth-order valence-corrected chi connectivity index (χ4v) is 2.64. The van der Waals surface area contributed by atoms with Gasteiger partial charge in [-0.3, -0.25) is 9.59 Å². The first kappa shape index (κ1) is 16.5. The van der Waals surface area contributed by atoms with Gasteiger partial charge in [-0.15, -0.1) is 0 Å². The molecule has 2 rings (SSSR count). The van der Waals surface area contributed by atoms with Crippen LogP contribution in [-0.4, -0.2) is 30.3 Å². The van der Waals surface area contributed by atoms with Gasteiger partial charge >= 0.3 is 0 Å². The molecule has 1 aromatic rings. The Hall–Kier alpha value is -1.84. The van der Waals surface area contributed by atoms with Gasteiger partial charge in [0, 0.05) is 19.3 Å². The average molecular weight is 302 g/mol. The van der Waals surface area contributed by atoms with Gasteiger partial charge in [-0.25, -0.2) is 0 Å². The lowest BCUT2D eigenvalue weighted by Crippen LogP contribution is -2.41. The van der Waals surface area contributed by atoms with Crippen molar-refractivity contribution in [2.45, 2.75) is 46.5 Å². The van der Waals surface area contributed by atoms with E-state index in [1.165, 1.54) is 0 Å². The highest BCUT2D eigenvalue weighted by atomic mass is 16.2. The van der Waals surface area contributed by atoms with Crippen molar-refractivity contribution in [3.63, 3.8) is 0 Å². The zero-order chi connectivity index (χ0) is 16.3. The molecule has 0 atom stereocenters. The van der Waals surface area contributed by atoms with Crippen LogP contribution in [0.3, 0.4) is 0 Å². The fraction of sp³-hybridized carbons (Fsp3) is 0.556. The topological polar surface area (TPSA) is 49.4 Å². The van der Waals surface area contributed by atoms with Gasteiger partial charge in [-0.05, 0) is 50.3 Å². The van der Waals surface area contributed by atoms with Gasteiger partial charge in [0.05, 0.1) is 0 Å². The van der Waals surface area contributed by atoms with E-state index >= 15 is 0 Å². The quantitative estimate of drug-likeness (QED) is 0.820. The fourth-order valence-electron chi connectivity index (χ4n) is 2.64. The van der Waals surface area contributed by atoms with E-state index in [1.54, 1.807) is 11.9 Å². The molecule has 22 heavy (non-hydrogen) atoms. The SMILES string of the molecule is CCCCN(C)C(=O)C1(C(=O)Nc2cc(C)ccc2C)CC1. The Labute approximate surface area is 132 Å². The van der Waals surface area contributed by atoms with Crippen molar-refractivity contribution in [2.75, 3.05) is 18.9 Å². The Kier molecular flexibility index (Phi) is 4.89. The zero-order valence-electron chi connectivity index (χ0n) is 14.0. The zero-order valence-corrected chi connectivity index (χ0v) is 14.0. The second kappa shape index (κ2) is 6.51. The Bertz CT molecular complexity index is 576. The number of hydrogen-bond donors (Lipinski definition) is 1. The molecule has 1 saturated carbocycles. The summed E-state index contributed by atoms with van der Waals surface area (Å²) in [6.45, 7) is 6.77. The Balaban J connectivity index is 2.08. The van der Waals surface area contributed by atoms with E-state index < -0.39 is 5.41 Å². The van der Waals surface area contributed by atoms with Crippen molar-refractivity contribution in [2.24, 2.45) is 5.41 Å². The summed E-state index contributed by atoms with van der Waals surface area (Å²) in [5, 5.41) is 2.96. The van der Waals surface area contributed by atoms with Gasteiger partial charge in [-0.1, -0.05) is 25.5 Å². The van der Waals surface area contributed by atoms with Crippen LogP contribution in [0.4, 0.5) is 5.69 Å². The molecule has 1 aliphatic carbocycles. The number of nitrogens with zero attached hydrogens (tertiary/aromatic N) is 1. The highest BCUT2D eigenvalue weighted by Gasteiger charge is 2.57. The van der Waals surface area contributed by atoms with Gasteiger partial charge in [0.25, 0.3) is 0 Å². The lowest BCUT2D eigenvalue weighted by molar-refractivity contribution is -0.141. The molecule has 4 heteroatoms. The molecular weight excluding hydrogens is 276 g/mol. The summed E-state index contributed by atoms with van der Waals surface area (Å²) in [7, 11) is 1.79. The van der Waals surface area contributed by atoms with E-state index in [4.69, 9.17) is 0 Å². The van der Waals surface area contributed by atoms with Crippen molar-refractivity contribution >= 4 is 17.5 Å². The predicted octanol–water partition coefficient (Wildman–Crippen LogP) is 3.28. The number of aryl methyl sites for hydroxylation is 2. The minimum Gasteiger partial charge on any atom is -0.345 e. The van der Waals surface area contributed by atoms with Crippen LogP contribution in [0.5, 0.6) is 0 Å². The molecule has 0 unspecified atom stereocenters. The molecule has 4 nitrogen and oxygen atoms in total. The van der Waals surface area contributed by atoms with E-state index in [0.717, 1.165) is 29.7 Å². The molecule has 2 amide bonds. The van der Waals surface area contributed by atoms with Crippen molar-refractivity contribution in [1.29, 1.82) is 0 Å². The molecule has 1 aliphatic rings. The smallest absolute Gasteiger partial charge is 0.240 e. The molecule has 1 fully saturated rings. The molecule has 0 radical (unpaired) electrons. The summed E-state index contributed by atoms with van der Waals surface area (Å²) in [4.78, 5) is 26.9. The van der Waals surface area contributed by atoms with Crippen molar-refractivity contribution < 1.29 is 9.59 Å². The number of carbonyl (C=O) groups excluding carboxylic acids is 2. The lowest BCUT2D eigenvalue weighted by atomic mass is 10.0. The Morgan fingerprint density at radius 2 is 1.95 bits per heavy atom. The first-order valence-electron chi connectivity index (χ1n) is 8.05. The molecule has 0 heterocycles. The third-order valence-electron chi connectivity index (χ3n) is 4.43. The highest BCUT2D eigenvalue weighted by Crippen LogP contribution is 2.48. The van der Waals surface area contributed by atoms with Crippen molar-refractivity contribution in [1.82, 2.24) is 4.90 Å². The van der Waals surface area contributed by atoms with E-state index in [0.29, 0.717) is 19.4 Å². The minimum absolute atomic E-state index is 0.0382. The maximum Gasteiger partial charge on any atom is 0.240 e. The van der Waals surface area contributed by atoms with E-state index in [1.807, 2.05) is 32.0 Å². The lowest BCUT2D eigenvalue weighted by Gasteiger charge is -2.23. The minimum atomic E-state index is -0.835.